The first-order chi connectivity index (χ1) is 11.3. The Labute approximate surface area is 140 Å². The molecule has 0 radical (unpaired) electrons. The number of hydrogen-bond donors (Lipinski definition) is 0. The van der Waals surface area contributed by atoms with Crippen LogP contribution in [0.5, 0.6) is 0 Å². The maximum atomic E-state index is 11.5. The van der Waals surface area contributed by atoms with Gasteiger partial charge in [0.05, 0.1) is 12.8 Å². The van der Waals surface area contributed by atoms with E-state index in [0.717, 1.165) is 0 Å². The fraction of sp³-hybridized carbons (Fsp3) is 0.500. The summed E-state index contributed by atoms with van der Waals surface area (Å²) < 4.78 is 19.0. The van der Waals surface area contributed by atoms with Gasteiger partial charge in [-0.25, -0.2) is 9.59 Å². The fourth-order valence-corrected chi connectivity index (χ4v) is 1.33. The minimum Gasteiger partial charge on any atom is -0.459 e. The third-order valence-electron chi connectivity index (χ3n) is 2.50. The van der Waals surface area contributed by atoms with E-state index in [1.54, 1.807) is 0 Å². The Hall–Kier alpha value is -2.64. The van der Waals surface area contributed by atoms with Crippen LogP contribution in [0.2, 0.25) is 0 Å². The Morgan fingerprint density at radius 2 is 1.12 bits per heavy atom. The van der Waals surface area contributed by atoms with E-state index < -0.39 is 36.1 Å². The van der Waals surface area contributed by atoms with Crippen LogP contribution in [0.15, 0.2) is 25.3 Å². The van der Waals surface area contributed by atoms with Gasteiger partial charge in [0.1, 0.15) is 13.2 Å². The number of ether oxygens (including phenoxy) is 4. The highest BCUT2D eigenvalue weighted by Crippen LogP contribution is 2.04. The van der Waals surface area contributed by atoms with Crippen molar-refractivity contribution in [2.75, 3.05) is 13.2 Å². The predicted molar refractivity (Wildman–Crippen MR) is 82.7 cm³/mol. The minimum absolute atomic E-state index is 0.00684. The molecule has 0 rings (SSSR count). The van der Waals surface area contributed by atoms with Crippen molar-refractivity contribution in [2.24, 2.45) is 0 Å². The average molecular weight is 342 g/mol. The third-order valence-corrected chi connectivity index (χ3v) is 2.50. The highest BCUT2D eigenvalue weighted by Gasteiger charge is 2.22. The molecule has 8 nitrogen and oxygen atoms in total. The van der Waals surface area contributed by atoms with E-state index in [0.29, 0.717) is 0 Å². The highest BCUT2D eigenvalue weighted by molar-refractivity contribution is 5.83. The third kappa shape index (κ3) is 9.39. The highest BCUT2D eigenvalue weighted by atomic mass is 16.6. The molecule has 0 saturated heterocycles. The molecule has 0 heterocycles. The van der Waals surface area contributed by atoms with Gasteiger partial charge in [0.25, 0.3) is 0 Å². The molecule has 0 N–H and O–H groups in total. The van der Waals surface area contributed by atoms with Gasteiger partial charge in [0.2, 0.25) is 0 Å². The Morgan fingerprint density at radius 3 is 1.42 bits per heavy atom. The zero-order chi connectivity index (χ0) is 18.5. The molecule has 0 spiro atoms. The number of rotatable bonds is 11. The Balaban J connectivity index is 4.10. The van der Waals surface area contributed by atoms with Gasteiger partial charge in [-0.15, -0.1) is 0 Å². The van der Waals surface area contributed by atoms with Gasteiger partial charge in [0, 0.05) is 0 Å². The number of hydrogen-bond acceptors (Lipinski definition) is 8. The second-order valence-corrected chi connectivity index (χ2v) is 4.60. The van der Waals surface area contributed by atoms with Crippen LogP contribution in [0.25, 0.3) is 0 Å². The molecule has 0 aromatic rings. The quantitative estimate of drug-likeness (QED) is 0.312. The van der Waals surface area contributed by atoms with Gasteiger partial charge < -0.3 is 18.9 Å². The van der Waals surface area contributed by atoms with Crippen LogP contribution in [-0.2, 0) is 38.1 Å². The maximum absolute atomic E-state index is 11.5. The summed E-state index contributed by atoms with van der Waals surface area (Å²) in [6.07, 6.45) is -0.0333. The zero-order valence-corrected chi connectivity index (χ0v) is 13.8. The summed E-state index contributed by atoms with van der Waals surface area (Å²) in [4.78, 5) is 45.8. The molecule has 0 saturated carbocycles. The van der Waals surface area contributed by atoms with E-state index in [1.165, 1.54) is 26.0 Å². The van der Waals surface area contributed by atoms with E-state index in [2.05, 4.69) is 13.2 Å². The zero-order valence-electron chi connectivity index (χ0n) is 13.8. The summed E-state index contributed by atoms with van der Waals surface area (Å²) in [5, 5.41) is 0. The lowest BCUT2D eigenvalue weighted by Gasteiger charge is -2.13. The molecule has 0 amide bonds. The lowest BCUT2D eigenvalue weighted by Crippen LogP contribution is -2.28. The molecule has 0 fully saturated rings. The Bertz CT molecular complexity index is 438. The lowest BCUT2D eigenvalue weighted by molar-refractivity contribution is -0.169. The summed E-state index contributed by atoms with van der Waals surface area (Å²) >= 11 is 0. The van der Waals surface area contributed by atoms with Gasteiger partial charge in [-0.3, -0.25) is 9.59 Å². The van der Waals surface area contributed by atoms with Crippen molar-refractivity contribution in [1.29, 1.82) is 0 Å². The minimum atomic E-state index is -1.10. The topological polar surface area (TPSA) is 105 Å². The molecule has 0 aromatic heterocycles. The van der Waals surface area contributed by atoms with Crippen LogP contribution in [0.3, 0.4) is 0 Å². The molecule has 134 valence electrons. The van der Waals surface area contributed by atoms with Crippen LogP contribution in [0, 0.1) is 0 Å². The molecule has 24 heavy (non-hydrogen) atoms. The SMILES string of the molecule is C=CCOC(=O)[C@H](C)OC(=O)CCC(=O)O[C@@H](C)C(=O)OCC=C. The van der Waals surface area contributed by atoms with E-state index in [-0.39, 0.29) is 26.1 Å². The normalized spacial score (nSPS) is 12.2. The fourth-order valence-electron chi connectivity index (χ4n) is 1.33. The van der Waals surface area contributed by atoms with Crippen LogP contribution in [-0.4, -0.2) is 49.3 Å². The predicted octanol–water partition coefficient (Wildman–Crippen LogP) is 1.09. The van der Waals surface area contributed by atoms with E-state index >= 15 is 0 Å². The molecular weight excluding hydrogens is 320 g/mol. The molecule has 0 aromatic carbocycles. The van der Waals surface area contributed by atoms with Crippen LogP contribution in [0.4, 0.5) is 0 Å². The smallest absolute Gasteiger partial charge is 0.347 e. The van der Waals surface area contributed by atoms with Crippen molar-refractivity contribution in [3.05, 3.63) is 25.3 Å². The number of esters is 4. The maximum Gasteiger partial charge on any atom is 0.347 e. The standard InChI is InChI=1S/C16H22O8/c1-5-9-21-15(19)11(3)23-13(17)7-8-14(18)24-12(4)16(20)22-10-6-2/h5-6,11-12H,1-2,7-10H2,3-4H3/t11-,12-/m0/s1. The molecule has 0 aliphatic rings. The Morgan fingerprint density at radius 1 is 0.792 bits per heavy atom. The molecule has 0 aliphatic carbocycles. The van der Waals surface area contributed by atoms with Crippen molar-refractivity contribution < 1.29 is 38.1 Å². The summed E-state index contributed by atoms with van der Waals surface area (Å²) in [5.41, 5.74) is 0. The largest absolute Gasteiger partial charge is 0.459 e. The molecule has 8 heteroatoms. The molecule has 2 atom stereocenters. The van der Waals surface area contributed by atoms with Gasteiger partial charge >= 0.3 is 23.9 Å². The van der Waals surface area contributed by atoms with Gasteiger partial charge in [-0.2, -0.15) is 0 Å². The van der Waals surface area contributed by atoms with Crippen molar-refractivity contribution in [3.63, 3.8) is 0 Å². The number of carbonyl (C=O) groups is 4. The van der Waals surface area contributed by atoms with Crippen LogP contribution < -0.4 is 0 Å². The van der Waals surface area contributed by atoms with E-state index in [1.807, 2.05) is 0 Å². The summed E-state index contributed by atoms with van der Waals surface area (Å²) in [5.74, 6) is -2.97. The Kier molecular flexibility index (Phi) is 10.6. The van der Waals surface area contributed by atoms with Gasteiger partial charge in [0.15, 0.2) is 12.2 Å². The van der Waals surface area contributed by atoms with Gasteiger partial charge in [-0.05, 0) is 13.8 Å². The summed E-state index contributed by atoms with van der Waals surface area (Å²) in [6.45, 7) is 9.47. The van der Waals surface area contributed by atoms with Crippen molar-refractivity contribution in [3.8, 4) is 0 Å². The first-order valence-corrected chi connectivity index (χ1v) is 7.25. The average Bonchev–Trinajstić information content (AvgIpc) is 2.55. The first-order valence-electron chi connectivity index (χ1n) is 7.25. The summed E-state index contributed by atoms with van der Waals surface area (Å²) in [7, 11) is 0. The van der Waals surface area contributed by atoms with Gasteiger partial charge in [-0.1, -0.05) is 25.3 Å². The summed E-state index contributed by atoms with van der Waals surface area (Å²) in [6, 6.07) is 0. The van der Waals surface area contributed by atoms with Crippen LogP contribution in [0.1, 0.15) is 26.7 Å². The van der Waals surface area contributed by atoms with Crippen molar-refractivity contribution in [1.82, 2.24) is 0 Å². The second kappa shape index (κ2) is 11.9. The number of carbonyl (C=O) groups excluding carboxylic acids is 4. The molecule has 0 aliphatic heterocycles. The molecular formula is C16H22O8. The van der Waals surface area contributed by atoms with E-state index in [4.69, 9.17) is 18.9 Å². The molecule has 0 unspecified atom stereocenters. The lowest BCUT2D eigenvalue weighted by atomic mass is 10.3. The van der Waals surface area contributed by atoms with Crippen molar-refractivity contribution in [2.45, 2.75) is 38.9 Å². The van der Waals surface area contributed by atoms with E-state index in [9.17, 15) is 19.2 Å². The van der Waals surface area contributed by atoms with Crippen molar-refractivity contribution >= 4 is 23.9 Å². The molecule has 0 bridgehead atoms. The second-order valence-electron chi connectivity index (χ2n) is 4.60. The monoisotopic (exact) mass is 342 g/mol. The first kappa shape index (κ1) is 21.4. The van der Waals surface area contributed by atoms with Crippen LogP contribution >= 0.6 is 0 Å².